The first-order chi connectivity index (χ1) is 12.2. The molecular weight excluding hydrogens is 318 g/mol. The molecule has 1 aromatic rings. The SMILES string of the molecule is CN=C(NCCCOCC1CCOC1)NCc1cccnc1N(C)C. The van der Waals surface area contributed by atoms with E-state index in [9.17, 15) is 0 Å². The quantitative estimate of drug-likeness (QED) is 0.397. The number of anilines is 1. The summed E-state index contributed by atoms with van der Waals surface area (Å²) in [5.74, 6) is 2.33. The van der Waals surface area contributed by atoms with E-state index < -0.39 is 0 Å². The van der Waals surface area contributed by atoms with Crippen LogP contribution in [0.5, 0.6) is 0 Å². The van der Waals surface area contributed by atoms with Gasteiger partial charge in [0.25, 0.3) is 0 Å². The molecule has 1 aliphatic heterocycles. The standard InChI is InChI=1S/C18H31N5O2/c1-19-18(21-9-5-10-24-13-15-7-11-25-14-15)22-12-16-6-4-8-20-17(16)23(2)3/h4,6,8,15H,5,7,9-14H2,1-3H3,(H2,19,21,22). The minimum atomic E-state index is 0.577. The third kappa shape index (κ3) is 6.88. The van der Waals surface area contributed by atoms with Gasteiger partial charge in [0, 0.05) is 65.1 Å². The molecule has 0 saturated carbocycles. The molecule has 25 heavy (non-hydrogen) atoms. The molecule has 0 bridgehead atoms. The number of ether oxygens (including phenoxy) is 2. The van der Waals surface area contributed by atoms with Gasteiger partial charge in [0.1, 0.15) is 5.82 Å². The monoisotopic (exact) mass is 349 g/mol. The predicted octanol–water partition coefficient (Wildman–Crippen LogP) is 1.26. The van der Waals surface area contributed by atoms with Crippen molar-refractivity contribution >= 4 is 11.8 Å². The molecule has 1 aliphatic rings. The van der Waals surface area contributed by atoms with E-state index in [4.69, 9.17) is 9.47 Å². The van der Waals surface area contributed by atoms with Crippen LogP contribution in [0, 0.1) is 5.92 Å². The number of aromatic nitrogens is 1. The lowest BCUT2D eigenvalue weighted by Crippen LogP contribution is -2.38. The van der Waals surface area contributed by atoms with Crippen molar-refractivity contribution in [2.75, 3.05) is 59.0 Å². The Bertz CT molecular complexity index is 530. The minimum Gasteiger partial charge on any atom is -0.381 e. The van der Waals surface area contributed by atoms with Gasteiger partial charge >= 0.3 is 0 Å². The first-order valence-corrected chi connectivity index (χ1v) is 8.92. The first-order valence-electron chi connectivity index (χ1n) is 8.92. The average Bonchev–Trinajstić information content (AvgIpc) is 3.14. The summed E-state index contributed by atoms with van der Waals surface area (Å²) >= 11 is 0. The Hall–Kier alpha value is -1.86. The number of nitrogens with one attached hydrogen (secondary N) is 2. The van der Waals surface area contributed by atoms with Gasteiger partial charge in [-0.15, -0.1) is 0 Å². The van der Waals surface area contributed by atoms with Gasteiger partial charge < -0.3 is 25.0 Å². The molecule has 1 fully saturated rings. The Kier molecular flexibility index (Phi) is 8.48. The average molecular weight is 349 g/mol. The van der Waals surface area contributed by atoms with Crippen molar-refractivity contribution in [2.24, 2.45) is 10.9 Å². The molecule has 1 saturated heterocycles. The van der Waals surface area contributed by atoms with Gasteiger partial charge in [-0.1, -0.05) is 6.07 Å². The topological polar surface area (TPSA) is 71.0 Å². The zero-order valence-electron chi connectivity index (χ0n) is 15.6. The Morgan fingerprint density at radius 1 is 1.44 bits per heavy atom. The van der Waals surface area contributed by atoms with E-state index in [2.05, 4.69) is 26.7 Å². The number of nitrogens with zero attached hydrogens (tertiary/aromatic N) is 3. The van der Waals surface area contributed by atoms with Crippen molar-refractivity contribution in [3.05, 3.63) is 23.9 Å². The van der Waals surface area contributed by atoms with Crippen LogP contribution >= 0.6 is 0 Å². The van der Waals surface area contributed by atoms with E-state index in [1.54, 1.807) is 7.05 Å². The van der Waals surface area contributed by atoms with E-state index in [1.165, 1.54) is 0 Å². The van der Waals surface area contributed by atoms with Gasteiger partial charge in [0.15, 0.2) is 5.96 Å². The molecule has 0 aliphatic carbocycles. The summed E-state index contributed by atoms with van der Waals surface area (Å²) < 4.78 is 11.1. The zero-order chi connectivity index (χ0) is 17.9. The predicted molar refractivity (Wildman–Crippen MR) is 101 cm³/mol. The third-order valence-electron chi connectivity index (χ3n) is 4.10. The fourth-order valence-corrected chi connectivity index (χ4v) is 2.72. The van der Waals surface area contributed by atoms with Crippen molar-refractivity contribution in [1.29, 1.82) is 0 Å². The summed E-state index contributed by atoms with van der Waals surface area (Å²) in [7, 11) is 5.77. The van der Waals surface area contributed by atoms with Crippen molar-refractivity contribution in [2.45, 2.75) is 19.4 Å². The second-order valence-corrected chi connectivity index (χ2v) is 6.39. The highest BCUT2D eigenvalue weighted by Gasteiger charge is 2.15. The Morgan fingerprint density at radius 2 is 2.32 bits per heavy atom. The summed E-state index contributed by atoms with van der Waals surface area (Å²) in [5, 5.41) is 6.65. The van der Waals surface area contributed by atoms with Crippen LogP contribution in [0.15, 0.2) is 23.3 Å². The fourth-order valence-electron chi connectivity index (χ4n) is 2.72. The van der Waals surface area contributed by atoms with Crippen LogP contribution in [-0.4, -0.2) is 65.1 Å². The van der Waals surface area contributed by atoms with Crippen molar-refractivity contribution in [1.82, 2.24) is 15.6 Å². The van der Waals surface area contributed by atoms with Gasteiger partial charge in [0.2, 0.25) is 0 Å². The van der Waals surface area contributed by atoms with Crippen LogP contribution in [0.25, 0.3) is 0 Å². The number of guanidine groups is 1. The molecule has 2 rings (SSSR count). The molecular formula is C18H31N5O2. The molecule has 0 aromatic carbocycles. The number of pyridine rings is 1. The maximum Gasteiger partial charge on any atom is 0.191 e. The van der Waals surface area contributed by atoms with Gasteiger partial charge in [-0.25, -0.2) is 4.98 Å². The summed E-state index contributed by atoms with van der Waals surface area (Å²) in [6.07, 6.45) is 3.88. The molecule has 0 amide bonds. The van der Waals surface area contributed by atoms with Crippen molar-refractivity contribution < 1.29 is 9.47 Å². The van der Waals surface area contributed by atoms with E-state index in [0.29, 0.717) is 12.5 Å². The molecule has 1 aromatic heterocycles. The highest BCUT2D eigenvalue weighted by atomic mass is 16.5. The second kappa shape index (κ2) is 10.9. The normalized spacial score (nSPS) is 17.6. The maximum atomic E-state index is 5.71. The number of aliphatic imine (C=N–C) groups is 1. The van der Waals surface area contributed by atoms with Crippen LogP contribution in [-0.2, 0) is 16.0 Å². The molecule has 0 radical (unpaired) electrons. The molecule has 7 nitrogen and oxygen atoms in total. The van der Waals surface area contributed by atoms with Crippen LogP contribution in [0.2, 0.25) is 0 Å². The Labute approximate surface area is 150 Å². The second-order valence-electron chi connectivity index (χ2n) is 6.39. The first kappa shape index (κ1) is 19.5. The van der Waals surface area contributed by atoms with Crippen molar-refractivity contribution in [3.8, 4) is 0 Å². The smallest absolute Gasteiger partial charge is 0.191 e. The maximum absolute atomic E-state index is 5.71. The molecule has 1 atom stereocenters. The van der Waals surface area contributed by atoms with Crippen molar-refractivity contribution in [3.63, 3.8) is 0 Å². The summed E-state index contributed by atoms with van der Waals surface area (Å²) in [6, 6.07) is 4.02. The van der Waals surface area contributed by atoms with E-state index in [-0.39, 0.29) is 0 Å². The number of hydrogen-bond acceptors (Lipinski definition) is 5. The lowest BCUT2D eigenvalue weighted by atomic mass is 10.1. The van der Waals surface area contributed by atoms with E-state index in [0.717, 1.165) is 63.2 Å². The molecule has 0 spiro atoms. The number of rotatable bonds is 9. The van der Waals surface area contributed by atoms with E-state index in [1.807, 2.05) is 31.3 Å². The van der Waals surface area contributed by atoms with Crippen LogP contribution in [0.3, 0.4) is 0 Å². The van der Waals surface area contributed by atoms with Crippen LogP contribution in [0.1, 0.15) is 18.4 Å². The lowest BCUT2D eigenvalue weighted by molar-refractivity contribution is 0.0888. The lowest BCUT2D eigenvalue weighted by Gasteiger charge is -2.17. The molecule has 2 heterocycles. The highest BCUT2D eigenvalue weighted by molar-refractivity contribution is 5.79. The minimum absolute atomic E-state index is 0.577. The van der Waals surface area contributed by atoms with Gasteiger partial charge in [-0.05, 0) is 18.9 Å². The van der Waals surface area contributed by atoms with Gasteiger partial charge in [-0.2, -0.15) is 0 Å². The molecule has 140 valence electrons. The van der Waals surface area contributed by atoms with E-state index >= 15 is 0 Å². The van der Waals surface area contributed by atoms with Crippen LogP contribution in [0.4, 0.5) is 5.82 Å². The van der Waals surface area contributed by atoms with Crippen LogP contribution < -0.4 is 15.5 Å². The molecule has 7 heteroatoms. The Balaban J connectivity index is 1.62. The zero-order valence-corrected chi connectivity index (χ0v) is 15.6. The summed E-state index contributed by atoms with van der Waals surface area (Å²) in [6.45, 7) is 4.80. The summed E-state index contributed by atoms with van der Waals surface area (Å²) in [5.41, 5.74) is 1.14. The third-order valence-corrected chi connectivity index (χ3v) is 4.10. The Morgan fingerprint density at radius 3 is 3.04 bits per heavy atom. The molecule has 1 unspecified atom stereocenters. The number of hydrogen-bond donors (Lipinski definition) is 2. The molecule has 2 N–H and O–H groups in total. The highest BCUT2D eigenvalue weighted by Crippen LogP contribution is 2.14. The van der Waals surface area contributed by atoms with Gasteiger partial charge in [0.05, 0.1) is 13.2 Å². The largest absolute Gasteiger partial charge is 0.381 e. The summed E-state index contributed by atoms with van der Waals surface area (Å²) in [4.78, 5) is 10.7. The fraction of sp³-hybridized carbons (Fsp3) is 0.667. The van der Waals surface area contributed by atoms with Gasteiger partial charge in [-0.3, -0.25) is 4.99 Å².